The van der Waals surface area contributed by atoms with E-state index in [0.717, 1.165) is 18.7 Å². The zero-order valence-electron chi connectivity index (χ0n) is 4.87. The number of benzene rings is 1. The molecule has 0 saturated carbocycles. The van der Waals surface area contributed by atoms with Crippen LogP contribution in [0, 0.1) is 0 Å². The molecule has 0 fully saturated rings. The van der Waals surface area contributed by atoms with Crippen molar-refractivity contribution in [3.63, 3.8) is 0 Å². The van der Waals surface area contributed by atoms with Gasteiger partial charge in [0, 0.05) is 13.4 Å². The van der Waals surface area contributed by atoms with E-state index in [2.05, 4.69) is 57.0 Å². The lowest BCUT2D eigenvalue weighted by Crippen LogP contribution is -1.92. The molecule has 0 N–H and O–H groups in total. The van der Waals surface area contributed by atoms with Crippen molar-refractivity contribution in [2.24, 2.45) is 0 Å². The van der Waals surface area contributed by atoms with E-state index >= 15 is 0 Å². The molecule has 0 nitrogen and oxygen atoms in total. The molecule has 0 bridgehead atoms. The van der Waals surface area contributed by atoms with Gasteiger partial charge in [0.25, 0.3) is 0 Å². The highest BCUT2D eigenvalue weighted by Crippen LogP contribution is 2.29. The summed E-state index contributed by atoms with van der Waals surface area (Å²) in [6.45, 7) is 0. The average Bonchev–Trinajstić information content (AvgIpc) is 1.93. The third-order valence-corrected chi connectivity index (χ3v) is 5.37. The minimum atomic E-state index is 1.06. The maximum Gasteiger partial charge on any atom is 0.0465 e. The summed E-state index contributed by atoms with van der Waals surface area (Å²) in [6.07, 6.45) is 0. The van der Waals surface area contributed by atoms with E-state index in [1.54, 1.807) is 0 Å². The summed E-state index contributed by atoms with van der Waals surface area (Å²) < 4.78 is 3.19. The normalized spacial score (nSPS) is 10.0. The smallest absolute Gasteiger partial charge is 0.0465 e. The Morgan fingerprint density at radius 3 is 2.10 bits per heavy atom. The van der Waals surface area contributed by atoms with E-state index in [1.165, 1.54) is 0 Å². The molecule has 1 aromatic rings. The number of hydrogen-bond acceptors (Lipinski definition) is 0. The Morgan fingerprint density at radius 1 is 1.00 bits per heavy atom. The maximum atomic E-state index is 3.43. The molecule has 1 aromatic carbocycles. The van der Waals surface area contributed by atoms with E-state index in [9.17, 15) is 0 Å². The highest BCUT2D eigenvalue weighted by molar-refractivity contribution is 9.14. The van der Waals surface area contributed by atoms with Gasteiger partial charge in [-0.15, -0.1) is 9.24 Å². The Hall–Kier alpha value is 1.09. The van der Waals surface area contributed by atoms with Crippen molar-refractivity contribution >= 4 is 62.3 Å². The number of halogens is 3. The number of rotatable bonds is 0. The van der Waals surface area contributed by atoms with Gasteiger partial charge in [0.1, 0.15) is 0 Å². The summed E-state index contributed by atoms with van der Waals surface area (Å²) in [4.78, 5) is 0. The fourth-order valence-electron chi connectivity index (χ4n) is 0.541. The first kappa shape index (κ1) is 9.18. The Kier molecular flexibility index (Phi) is 3.36. The molecule has 54 valence electrons. The lowest BCUT2D eigenvalue weighted by molar-refractivity contribution is 1.59. The highest BCUT2D eigenvalue weighted by Gasteiger charge is 2.02. The molecule has 0 heterocycles. The van der Waals surface area contributed by atoms with Crippen LogP contribution in [0.5, 0.6) is 0 Å². The quantitative estimate of drug-likeness (QED) is 0.498. The van der Waals surface area contributed by atoms with Gasteiger partial charge in [0.05, 0.1) is 0 Å². The fraction of sp³-hybridized carbons (Fsp3) is 0. The standard InChI is InChI=1S/C6H4Br3P/c7-3-1-2-4(10)6(9)5(3)8/h1-2H,10H2. The van der Waals surface area contributed by atoms with Gasteiger partial charge in [-0.05, 0) is 59.2 Å². The van der Waals surface area contributed by atoms with Crippen LogP contribution < -0.4 is 5.30 Å². The van der Waals surface area contributed by atoms with Gasteiger partial charge in [-0.1, -0.05) is 6.07 Å². The molecule has 1 rings (SSSR count). The van der Waals surface area contributed by atoms with Crippen molar-refractivity contribution in [1.82, 2.24) is 0 Å². The number of hydrogen-bond donors (Lipinski definition) is 0. The van der Waals surface area contributed by atoms with Crippen LogP contribution in [0.25, 0.3) is 0 Å². The lowest BCUT2D eigenvalue weighted by atomic mass is 10.4. The minimum Gasteiger partial charge on any atom is -0.104 e. The first-order chi connectivity index (χ1) is 4.63. The van der Waals surface area contributed by atoms with Gasteiger partial charge in [-0.3, -0.25) is 0 Å². The molecule has 0 saturated heterocycles. The molecular formula is C6H4Br3P. The third kappa shape index (κ3) is 1.82. The second-order valence-electron chi connectivity index (χ2n) is 1.76. The summed E-state index contributed by atoms with van der Waals surface area (Å²) in [6, 6.07) is 4.01. The van der Waals surface area contributed by atoms with Crippen LogP contribution in [0.2, 0.25) is 0 Å². The fourth-order valence-corrected chi connectivity index (χ4v) is 2.30. The summed E-state index contributed by atoms with van der Waals surface area (Å²) in [5.41, 5.74) is 0. The molecule has 0 aliphatic heterocycles. The molecule has 1 unspecified atom stereocenters. The zero-order chi connectivity index (χ0) is 7.72. The molecule has 10 heavy (non-hydrogen) atoms. The molecule has 0 amide bonds. The second kappa shape index (κ2) is 3.66. The molecule has 1 atom stereocenters. The van der Waals surface area contributed by atoms with Crippen LogP contribution >= 0.6 is 57.0 Å². The average molecular weight is 347 g/mol. The highest BCUT2D eigenvalue weighted by atomic mass is 79.9. The third-order valence-electron chi connectivity index (χ3n) is 1.07. The van der Waals surface area contributed by atoms with Gasteiger partial charge >= 0.3 is 0 Å². The topological polar surface area (TPSA) is 0 Å². The van der Waals surface area contributed by atoms with Crippen molar-refractivity contribution in [1.29, 1.82) is 0 Å². The lowest BCUT2D eigenvalue weighted by Gasteiger charge is -2.01. The summed E-state index contributed by atoms with van der Waals surface area (Å²) in [5, 5.41) is 1.15. The minimum absolute atomic E-state index is 1.06. The van der Waals surface area contributed by atoms with Crippen molar-refractivity contribution in [2.75, 3.05) is 0 Å². The van der Waals surface area contributed by atoms with Gasteiger partial charge in [-0.25, -0.2) is 0 Å². The van der Waals surface area contributed by atoms with Gasteiger partial charge in [-0.2, -0.15) is 0 Å². The van der Waals surface area contributed by atoms with Crippen LogP contribution in [-0.4, -0.2) is 0 Å². The van der Waals surface area contributed by atoms with Gasteiger partial charge < -0.3 is 0 Å². The Labute approximate surface area is 87.4 Å². The summed E-state index contributed by atoms with van der Waals surface area (Å²) >= 11 is 10.2. The van der Waals surface area contributed by atoms with Crippen LogP contribution in [0.1, 0.15) is 0 Å². The van der Waals surface area contributed by atoms with E-state index in [4.69, 9.17) is 0 Å². The van der Waals surface area contributed by atoms with E-state index < -0.39 is 0 Å². The van der Waals surface area contributed by atoms with E-state index in [1.807, 2.05) is 12.1 Å². The van der Waals surface area contributed by atoms with Crippen LogP contribution in [-0.2, 0) is 0 Å². The van der Waals surface area contributed by atoms with Gasteiger partial charge in [0.2, 0.25) is 0 Å². The molecule has 0 spiro atoms. The molecule has 0 aliphatic carbocycles. The Balaban J connectivity index is 3.34. The SMILES string of the molecule is Pc1ccc(Br)c(Br)c1Br. The zero-order valence-corrected chi connectivity index (χ0v) is 10.8. The second-order valence-corrected chi connectivity index (χ2v) is 4.83. The molecule has 0 radical (unpaired) electrons. The predicted molar refractivity (Wildman–Crippen MR) is 58.9 cm³/mol. The molecular weight excluding hydrogens is 343 g/mol. The van der Waals surface area contributed by atoms with Crippen molar-refractivity contribution in [3.8, 4) is 0 Å². The first-order valence-electron chi connectivity index (χ1n) is 2.52. The van der Waals surface area contributed by atoms with Crippen LogP contribution in [0.15, 0.2) is 25.6 Å². The van der Waals surface area contributed by atoms with Crippen molar-refractivity contribution in [3.05, 3.63) is 25.6 Å². The van der Waals surface area contributed by atoms with Crippen molar-refractivity contribution in [2.45, 2.75) is 0 Å². The largest absolute Gasteiger partial charge is 0.104 e. The van der Waals surface area contributed by atoms with E-state index in [0.29, 0.717) is 0 Å². The van der Waals surface area contributed by atoms with Crippen LogP contribution in [0.3, 0.4) is 0 Å². The van der Waals surface area contributed by atoms with Gasteiger partial charge in [0.15, 0.2) is 0 Å². The Bertz CT molecular complexity index is 232. The maximum absolute atomic E-state index is 3.43. The van der Waals surface area contributed by atoms with Crippen LogP contribution in [0.4, 0.5) is 0 Å². The Morgan fingerprint density at radius 2 is 1.60 bits per heavy atom. The van der Waals surface area contributed by atoms with Crippen molar-refractivity contribution < 1.29 is 0 Å². The summed E-state index contributed by atoms with van der Waals surface area (Å²) in [5.74, 6) is 0. The molecule has 4 heteroatoms. The predicted octanol–water partition coefficient (Wildman–Crippen LogP) is 3.47. The molecule has 0 aliphatic rings. The monoisotopic (exact) mass is 344 g/mol. The first-order valence-corrected chi connectivity index (χ1v) is 5.47. The molecule has 0 aromatic heterocycles. The van der Waals surface area contributed by atoms with E-state index in [-0.39, 0.29) is 0 Å². The summed E-state index contributed by atoms with van der Waals surface area (Å²) in [7, 11) is 2.65.